The zero-order valence-electron chi connectivity index (χ0n) is 17.5. The quantitative estimate of drug-likeness (QED) is 0.544. The molecule has 1 aliphatic heterocycles. The molecule has 0 spiro atoms. The first-order valence-corrected chi connectivity index (χ1v) is 9.71. The highest BCUT2D eigenvalue weighted by molar-refractivity contribution is 6.06. The first-order chi connectivity index (χ1) is 14.4. The van der Waals surface area contributed by atoms with Crippen LogP contribution in [0.3, 0.4) is 0 Å². The minimum atomic E-state index is -1.08. The summed E-state index contributed by atoms with van der Waals surface area (Å²) in [4.78, 5) is 27.8. The molecule has 2 aromatic rings. The summed E-state index contributed by atoms with van der Waals surface area (Å²) < 4.78 is 0. The van der Waals surface area contributed by atoms with Crippen LogP contribution >= 0.6 is 12.4 Å². The molecule has 0 bridgehead atoms. The lowest BCUT2D eigenvalue weighted by molar-refractivity contribution is -0.112. The largest absolute Gasteiger partial charge is 0.478 e. The maximum atomic E-state index is 12.5. The van der Waals surface area contributed by atoms with E-state index in [9.17, 15) is 14.9 Å². The molecular formula is C23H25ClN4O3. The zero-order chi connectivity index (χ0) is 21.7. The van der Waals surface area contributed by atoms with E-state index in [0.29, 0.717) is 18.8 Å². The second kappa shape index (κ2) is 10.5. The van der Waals surface area contributed by atoms with Gasteiger partial charge in [0.05, 0.1) is 5.56 Å². The Hall–Kier alpha value is -3.50. The van der Waals surface area contributed by atoms with Crippen LogP contribution in [0.25, 0.3) is 0 Å². The fourth-order valence-electron chi connectivity index (χ4n) is 3.42. The summed E-state index contributed by atoms with van der Waals surface area (Å²) in [6.07, 6.45) is 1.58. The summed E-state index contributed by atoms with van der Waals surface area (Å²) in [5.74, 6) is -1.64. The molecule has 0 saturated carbocycles. The number of carbonyl (C=O) groups excluding carboxylic acids is 1. The highest BCUT2D eigenvalue weighted by Gasteiger charge is 2.19. The van der Waals surface area contributed by atoms with Crippen LogP contribution < -0.4 is 10.2 Å². The molecule has 3 rings (SSSR count). The Bertz CT molecular complexity index is 1040. The van der Waals surface area contributed by atoms with Crippen LogP contribution in [-0.2, 0) is 4.79 Å². The van der Waals surface area contributed by atoms with E-state index in [2.05, 4.69) is 42.3 Å². The predicted molar refractivity (Wildman–Crippen MR) is 123 cm³/mol. The number of amides is 1. The Morgan fingerprint density at radius 1 is 1.10 bits per heavy atom. The van der Waals surface area contributed by atoms with Crippen molar-refractivity contribution in [2.45, 2.75) is 13.8 Å². The Morgan fingerprint density at radius 2 is 1.77 bits per heavy atom. The number of carboxylic acid groups (broad SMARTS) is 1. The SMILES string of the molecule is Cc1cccc(N2CCN(/C=C(/C#N)C(=O)Nc3cccc(C(=O)O)c3)CC2)c1C.Cl. The van der Waals surface area contributed by atoms with Crippen molar-refractivity contribution in [3.8, 4) is 6.07 Å². The van der Waals surface area contributed by atoms with Crippen molar-refractivity contribution < 1.29 is 14.7 Å². The Morgan fingerprint density at radius 3 is 2.42 bits per heavy atom. The Kier molecular flexibility index (Phi) is 8.06. The molecule has 2 aromatic carbocycles. The van der Waals surface area contributed by atoms with Crippen LogP contribution in [0.4, 0.5) is 11.4 Å². The van der Waals surface area contributed by atoms with Gasteiger partial charge >= 0.3 is 5.97 Å². The third kappa shape index (κ3) is 5.77. The molecule has 0 radical (unpaired) electrons. The number of rotatable bonds is 5. The van der Waals surface area contributed by atoms with Crippen molar-refractivity contribution in [2.75, 3.05) is 36.4 Å². The second-order valence-corrected chi connectivity index (χ2v) is 7.24. The average molecular weight is 441 g/mol. The molecule has 0 atom stereocenters. The number of hydrogen-bond donors (Lipinski definition) is 2. The van der Waals surface area contributed by atoms with Gasteiger partial charge in [0.2, 0.25) is 0 Å². The molecule has 2 N–H and O–H groups in total. The summed E-state index contributed by atoms with van der Waals surface area (Å²) in [7, 11) is 0. The van der Waals surface area contributed by atoms with Crippen LogP contribution in [0, 0.1) is 25.2 Å². The highest BCUT2D eigenvalue weighted by Crippen LogP contribution is 2.24. The molecule has 7 nitrogen and oxygen atoms in total. The van der Waals surface area contributed by atoms with Crippen LogP contribution in [0.15, 0.2) is 54.2 Å². The number of benzene rings is 2. The minimum Gasteiger partial charge on any atom is -0.478 e. The predicted octanol–water partition coefficient (Wildman–Crippen LogP) is 3.59. The summed E-state index contributed by atoms with van der Waals surface area (Å²) in [6, 6.07) is 14.1. The molecule has 1 heterocycles. The first kappa shape index (κ1) is 23.8. The van der Waals surface area contributed by atoms with E-state index in [1.165, 1.54) is 28.9 Å². The standard InChI is InChI=1S/C23H24N4O3.ClH/c1-16-5-3-8-21(17(16)2)27-11-9-26(10-12-27)15-19(14-24)22(28)25-20-7-4-6-18(13-20)23(29)30;/h3-8,13,15H,9-12H2,1-2H3,(H,25,28)(H,29,30);1H/b19-15-;. The van der Waals surface area contributed by atoms with Gasteiger partial charge in [-0.2, -0.15) is 5.26 Å². The lowest BCUT2D eigenvalue weighted by Crippen LogP contribution is -2.44. The first-order valence-electron chi connectivity index (χ1n) is 9.71. The fourth-order valence-corrected chi connectivity index (χ4v) is 3.42. The van der Waals surface area contributed by atoms with Crippen LogP contribution in [0.5, 0.6) is 0 Å². The summed E-state index contributed by atoms with van der Waals surface area (Å²) in [5.41, 5.74) is 4.12. The van der Waals surface area contributed by atoms with Crippen molar-refractivity contribution in [3.05, 3.63) is 70.9 Å². The number of aromatic carboxylic acids is 1. The van der Waals surface area contributed by atoms with Crippen molar-refractivity contribution in [1.29, 1.82) is 5.26 Å². The van der Waals surface area contributed by atoms with E-state index in [0.717, 1.165) is 13.1 Å². The van der Waals surface area contributed by atoms with Gasteiger partial charge < -0.3 is 20.2 Å². The summed E-state index contributed by atoms with van der Waals surface area (Å²) in [6.45, 7) is 7.19. The van der Waals surface area contributed by atoms with E-state index in [-0.39, 0.29) is 23.5 Å². The molecule has 0 aliphatic carbocycles. The molecule has 1 amide bonds. The number of nitrogens with one attached hydrogen (secondary N) is 1. The fraction of sp³-hybridized carbons (Fsp3) is 0.261. The van der Waals surface area contributed by atoms with Crippen molar-refractivity contribution in [2.24, 2.45) is 0 Å². The van der Waals surface area contributed by atoms with Gasteiger partial charge in [-0.15, -0.1) is 12.4 Å². The van der Waals surface area contributed by atoms with E-state index in [4.69, 9.17) is 5.11 Å². The third-order valence-corrected chi connectivity index (χ3v) is 5.28. The lowest BCUT2D eigenvalue weighted by atomic mass is 10.1. The van der Waals surface area contributed by atoms with Crippen LogP contribution in [0.2, 0.25) is 0 Å². The molecule has 8 heteroatoms. The van der Waals surface area contributed by atoms with Crippen molar-refractivity contribution in [3.63, 3.8) is 0 Å². The smallest absolute Gasteiger partial charge is 0.335 e. The number of piperazine rings is 1. The van der Waals surface area contributed by atoms with Crippen molar-refractivity contribution >= 4 is 35.7 Å². The number of halogens is 1. The number of aryl methyl sites for hydroxylation is 1. The number of carbonyl (C=O) groups is 2. The van der Waals surface area contributed by atoms with Gasteiger partial charge in [-0.05, 0) is 49.2 Å². The molecule has 162 valence electrons. The summed E-state index contributed by atoms with van der Waals surface area (Å²) >= 11 is 0. The number of carboxylic acids is 1. The number of anilines is 2. The molecular weight excluding hydrogens is 416 g/mol. The number of nitrogens with zero attached hydrogens (tertiary/aromatic N) is 3. The second-order valence-electron chi connectivity index (χ2n) is 7.24. The number of nitriles is 1. The minimum absolute atomic E-state index is 0. The zero-order valence-corrected chi connectivity index (χ0v) is 18.3. The van der Waals surface area contributed by atoms with E-state index in [1.54, 1.807) is 18.3 Å². The molecule has 1 saturated heterocycles. The topological polar surface area (TPSA) is 96.7 Å². The molecule has 0 unspecified atom stereocenters. The molecule has 1 fully saturated rings. The maximum Gasteiger partial charge on any atom is 0.335 e. The van der Waals surface area contributed by atoms with Gasteiger partial charge in [-0.25, -0.2) is 4.79 Å². The van der Waals surface area contributed by atoms with Gasteiger partial charge in [0.15, 0.2) is 0 Å². The van der Waals surface area contributed by atoms with Gasteiger partial charge in [0, 0.05) is 43.8 Å². The van der Waals surface area contributed by atoms with Crippen LogP contribution in [0.1, 0.15) is 21.5 Å². The summed E-state index contributed by atoms with van der Waals surface area (Å²) in [5, 5.41) is 21.1. The third-order valence-electron chi connectivity index (χ3n) is 5.28. The highest BCUT2D eigenvalue weighted by atomic mass is 35.5. The lowest BCUT2D eigenvalue weighted by Gasteiger charge is -2.36. The van der Waals surface area contributed by atoms with Gasteiger partial charge in [-0.3, -0.25) is 4.79 Å². The molecule has 1 aliphatic rings. The Balaban J connectivity index is 0.00000341. The molecule has 0 aromatic heterocycles. The van der Waals surface area contributed by atoms with Gasteiger partial charge in [-0.1, -0.05) is 18.2 Å². The van der Waals surface area contributed by atoms with E-state index in [1.807, 2.05) is 11.0 Å². The average Bonchev–Trinajstić information content (AvgIpc) is 2.74. The monoisotopic (exact) mass is 440 g/mol. The molecule has 31 heavy (non-hydrogen) atoms. The van der Waals surface area contributed by atoms with Crippen molar-refractivity contribution in [1.82, 2.24) is 4.90 Å². The normalized spacial score (nSPS) is 13.8. The van der Waals surface area contributed by atoms with E-state index < -0.39 is 11.9 Å². The number of hydrogen-bond acceptors (Lipinski definition) is 5. The van der Waals surface area contributed by atoms with E-state index >= 15 is 0 Å². The van der Waals surface area contributed by atoms with Gasteiger partial charge in [0.25, 0.3) is 5.91 Å². The van der Waals surface area contributed by atoms with Gasteiger partial charge in [0.1, 0.15) is 11.6 Å². The van der Waals surface area contributed by atoms with Crippen LogP contribution in [-0.4, -0.2) is 48.1 Å². The maximum absolute atomic E-state index is 12.5. The Labute approximate surface area is 188 Å².